The van der Waals surface area contributed by atoms with E-state index in [0.29, 0.717) is 12.5 Å². The van der Waals surface area contributed by atoms with E-state index in [1.807, 2.05) is 0 Å². The Kier molecular flexibility index (Phi) is 8.51. The van der Waals surface area contributed by atoms with Gasteiger partial charge < -0.3 is 15.0 Å². The van der Waals surface area contributed by atoms with Crippen LogP contribution in [0.5, 0.6) is 0 Å². The Morgan fingerprint density at radius 1 is 1.15 bits per heavy atom. The highest BCUT2D eigenvalue weighted by Crippen LogP contribution is 2.10. The van der Waals surface area contributed by atoms with Crippen LogP contribution in [-0.2, 0) is 17.9 Å². The molecule has 1 N–H and O–H groups in total. The van der Waals surface area contributed by atoms with Crippen molar-refractivity contribution < 1.29 is 4.74 Å². The molecule has 1 rings (SSSR count). The quantitative estimate of drug-likeness (QED) is 0.666. The van der Waals surface area contributed by atoms with Gasteiger partial charge in [-0.1, -0.05) is 38.1 Å². The van der Waals surface area contributed by atoms with Crippen molar-refractivity contribution in [1.82, 2.24) is 10.2 Å². The van der Waals surface area contributed by atoms with E-state index in [9.17, 15) is 0 Å². The first-order chi connectivity index (χ1) is 9.59. The molecule has 20 heavy (non-hydrogen) atoms. The van der Waals surface area contributed by atoms with Crippen LogP contribution in [0.2, 0.25) is 0 Å². The van der Waals surface area contributed by atoms with E-state index >= 15 is 0 Å². The molecule has 0 radical (unpaired) electrons. The molecule has 3 nitrogen and oxygen atoms in total. The van der Waals surface area contributed by atoms with Gasteiger partial charge in [-0.05, 0) is 50.7 Å². The van der Waals surface area contributed by atoms with Crippen molar-refractivity contribution in [2.24, 2.45) is 5.92 Å². The molecule has 0 spiro atoms. The summed E-state index contributed by atoms with van der Waals surface area (Å²) in [7, 11) is 4.19. The SMILES string of the molecule is CC(C)CNCc1ccccc1COCCCN(C)C. The maximum absolute atomic E-state index is 5.78. The van der Waals surface area contributed by atoms with Crippen LogP contribution in [-0.4, -0.2) is 38.7 Å². The Morgan fingerprint density at radius 3 is 2.50 bits per heavy atom. The molecule has 0 aliphatic heterocycles. The number of hydrogen-bond acceptors (Lipinski definition) is 3. The van der Waals surface area contributed by atoms with Crippen molar-refractivity contribution >= 4 is 0 Å². The van der Waals surface area contributed by atoms with Crippen molar-refractivity contribution in [2.45, 2.75) is 33.4 Å². The first kappa shape index (κ1) is 17.2. The molecule has 0 fully saturated rings. The largest absolute Gasteiger partial charge is 0.377 e. The fraction of sp³-hybridized carbons (Fsp3) is 0.647. The zero-order chi connectivity index (χ0) is 14.8. The van der Waals surface area contributed by atoms with Crippen LogP contribution in [0.4, 0.5) is 0 Å². The lowest BCUT2D eigenvalue weighted by atomic mass is 10.1. The maximum Gasteiger partial charge on any atom is 0.0720 e. The molecule has 0 aliphatic carbocycles. The zero-order valence-corrected chi connectivity index (χ0v) is 13.5. The third-order valence-electron chi connectivity index (χ3n) is 3.14. The molecular weight excluding hydrogens is 248 g/mol. The summed E-state index contributed by atoms with van der Waals surface area (Å²) in [6.45, 7) is 9.06. The van der Waals surface area contributed by atoms with Gasteiger partial charge in [0.1, 0.15) is 0 Å². The molecule has 0 saturated heterocycles. The first-order valence-corrected chi connectivity index (χ1v) is 7.59. The fourth-order valence-electron chi connectivity index (χ4n) is 2.03. The van der Waals surface area contributed by atoms with Crippen LogP contribution in [0.3, 0.4) is 0 Å². The summed E-state index contributed by atoms with van der Waals surface area (Å²) in [6.07, 6.45) is 1.08. The third-order valence-corrected chi connectivity index (χ3v) is 3.14. The summed E-state index contributed by atoms with van der Waals surface area (Å²) >= 11 is 0. The molecule has 0 bridgehead atoms. The molecule has 0 unspecified atom stereocenters. The van der Waals surface area contributed by atoms with Crippen molar-refractivity contribution in [2.75, 3.05) is 33.8 Å². The van der Waals surface area contributed by atoms with Crippen molar-refractivity contribution in [3.63, 3.8) is 0 Å². The minimum atomic E-state index is 0.685. The second-order valence-corrected chi connectivity index (χ2v) is 6.00. The van der Waals surface area contributed by atoms with Crippen LogP contribution in [0.15, 0.2) is 24.3 Å². The van der Waals surface area contributed by atoms with Gasteiger partial charge in [-0.2, -0.15) is 0 Å². The van der Waals surface area contributed by atoms with Gasteiger partial charge in [0, 0.05) is 13.2 Å². The van der Waals surface area contributed by atoms with Crippen LogP contribution in [0.1, 0.15) is 31.4 Å². The van der Waals surface area contributed by atoms with Gasteiger partial charge in [0.15, 0.2) is 0 Å². The van der Waals surface area contributed by atoms with Crippen molar-refractivity contribution in [3.8, 4) is 0 Å². The fourth-order valence-corrected chi connectivity index (χ4v) is 2.03. The van der Waals surface area contributed by atoms with E-state index in [4.69, 9.17) is 4.74 Å². The highest BCUT2D eigenvalue weighted by Gasteiger charge is 2.02. The number of rotatable bonds is 10. The molecule has 0 amide bonds. The Balaban J connectivity index is 2.33. The van der Waals surface area contributed by atoms with E-state index in [1.165, 1.54) is 11.1 Å². The predicted molar refractivity (Wildman–Crippen MR) is 85.8 cm³/mol. The zero-order valence-electron chi connectivity index (χ0n) is 13.5. The lowest BCUT2D eigenvalue weighted by Crippen LogP contribution is -2.20. The Hall–Kier alpha value is -0.900. The minimum absolute atomic E-state index is 0.685. The van der Waals surface area contributed by atoms with Gasteiger partial charge in [-0.3, -0.25) is 0 Å². The second-order valence-electron chi connectivity index (χ2n) is 6.00. The van der Waals surface area contributed by atoms with Crippen LogP contribution in [0, 0.1) is 5.92 Å². The monoisotopic (exact) mass is 278 g/mol. The van der Waals surface area contributed by atoms with Crippen LogP contribution < -0.4 is 5.32 Å². The van der Waals surface area contributed by atoms with Crippen LogP contribution >= 0.6 is 0 Å². The molecule has 114 valence electrons. The van der Waals surface area contributed by atoms with Gasteiger partial charge in [0.2, 0.25) is 0 Å². The molecule has 0 aliphatic rings. The number of nitrogens with one attached hydrogen (secondary N) is 1. The van der Waals surface area contributed by atoms with E-state index in [-0.39, 0.29) is 0 Å². The molecule has 1 aromatic carbocycles. The second kappa shape index (κ2) is 9.92. The van der Waals surface area contributed by atoms with Gasteiger partial charge in [-0.25, -0.2) is 0 Å². The van der Waals surface area contributed by atoms with Crippen LogP contribution in [0.25, 0.3) is 0 Å². The Labute approximate surface area is 124 Å². The lowest BCUT2D eigenvalue weighted by Gasteiger charge is -2.13. The number of benzene rings is 1. The van der Waals surface area contributed by atoms with Gasteiger partial charge in [0.05, 0.1) is 6.61 Å². The van der Waals surface area contributed by atoms with Crippen molar-refractivity contribution in [1.29, 1.82) is 0 Å². The first-order valence-electron chi connectivity index (χ1n) is 7.59. The van der Waals surface area contributed by atoms with E-state index < -0.39 is 0 Å². The summed E-state index contributed by atoms with van der Waals surface area (Å²) in [5.74, 6) is 0.685. The minimum Gasteiger partial charge on any atom is -0.377 e. The molecule has 1 aromatic rings. The lowest BCUT2D eigenvalue weighted by molar-refractivity contribution is 0.112. The average molecular weight is 278 g/mol. The van der Waals surface area contributed by atoms with Gasteiger partial charge in [-0.15, -0.1) is 0 Å². The molecule has 3 heteroatoms. The third kappa shape index (κ3) is 7.63. The summed E-state index contributed by atoms with van der Waals surface area (Å²) in [4.78, 5) is 2.19. The molecule has 0 saturated carbocycles. The maximum atomic E-state index is 5.78. The van der Waals surface area contributed by atoms with E-state index in [2.05, 4.69) is 62.4 Å². The summed E-state index contributed by atoms with van der Waals surface area (Å²) in [6, 6.07) is 8.54. The number of ether oxygens (including phenoxy) is 1. The highest BCUT2D eigenvalue weighted by molar-refractivity contribution is 5.26. The molecule has 0 heterocycles. The van der Waals surface area contributed by atoms with Gasteiger partial charge >= 0.3 is 0 Å². The summed E-state index contributed by atoms with van der Waals surface area (Å²) < 4.78 is 5.78. The average Bonchev–Trinajstić information content (AvgIpc) is 2.39. The molecule has 0 atom stereocenters. The predicted octanol–water partition coefficient (Wildman–Crippen LogP) is 2.90. The van der Waals surface area contributed by atoms with Crippen molar-refractivity contribution in [3.05, 3.63) is 35.4 Å². The Morgan fingerprint density at radius 2 is 1.85 bits per heavy atom. The van der Waals surface area contributed by atoms with Gasteiger partial charge in [0.25, 0.3) is 0 Å². The standard InChI is InChI=1S/C17H30N2O/c1-15(2)12-18-13-16-8-5-6-9-17(16)14-20-11-7-10-19(3)4/h5-6,8-9,15,18H,7,10-14H2,1-4H3. The van der Waals surface area contributed by atoms with E-state index in [1.54, 1.807) is 0 Å². The number of nitrogens with zero attached hydrogens (tertiary/aromatic N) is 1. The normalized spacial score (nSPS) is 11.5. The number of hydrogen-bond donors (Lipinski definition) is 1. The Bertz CT molecular complexity index is 364. The summed E-state index contributed by atoms with van der Waals surface area (Å²) in [5, 5.41) is 3.50. The highest BCUT2D eigenvalue weighted by atomic mass is 16.5. The topological polar surface area (TPSA) is 24.5 Å². The molecule has 0 aromatic heterocycles. The summed E-state index contributed by atoms with van der Waals surface area (Å²) in [5.41, 5.74) is 2.65. The molecular formula is C17H30N2O. The smallest absolute Gasteiger partial charge is 0.0720 e. The van der Waals surface area contributed by atoms with E-state index in [0.717, 1.165) is 32.7 Å².